The Morgan fingerprint density at radius 1 is 1.48 bits per heavy atom. The van der Waals surface area contributed by atoms with Gasteiger partial charge in [-0.1, -0.05) is 26.8 Å². The van der Waals surface area contributed by atoms with Gasteiger partial charge in [0.25, 0.3) is 0 Å². The molecule has 0 fully saturated rings. The maximum Gasteiger partial charge on any atom is 0.354 e. The molecule has 0 radical (unpaired) electrons. The fourth-order valence-corrected chi connectivity index (χ4v) is 4.49. The molecular weight excluding hydrogens is 294 g/mol. The number of hydrogen-bond donors (Lipinski definition) is 1. The van der Waals surface area contributed by atoms with Crippen LogP contribution in [-0.4, -0.2) is 26.6 Å². The predicted octanol–water partition coefficient (Wildman–Crippen LogP) is 2.00. The molecule has 1 aromatic heterocycles. The Bertz CT molecular complexity index is 810. The maximum atomic E-state index is 12.6. The summed E-state index contributed by atoms with van der Waals surface area (Å²) in [5, 5.41) is 23.2. The minimum Gasteiger partial charge on any atom is -0.477 e. The number of nitrogens with zero attached hydrogens (tertiary/aromatic N) is 3. The van der Waals surface area contributed by atoms with Gasteiger partial charge in [-0.25, -0.2) is 4.79 Å². The number of aromatic nitrogens is 2. The van der Waals surface area contributed by atoms with Crippen LogP contribution in [0.15, 0.2) is 11.6 Å². The molecule has 0 amide bonds. The van der Waals surface area contributed by atoms with Gasteiger partial charge in [-0.2, -0.15) is 10.4 Å². The van der Waals surface area contributed by atoms with Gasteiger partial charge in [0, 0.05) is 23.4 Å². The molecule has 0 saturated carbocycles. The topological polar surface area (TPSA) is 96.0 Å². The van der Waals surface area contributed by atoms with E-state index in [4.69, 9.17) is 0 Å². The number of allylic oxidation sites excluding steroid dienone is 2. The molecule has 2 unspecified atom stereocenters. The highest BCUT2D eigenvalue weighted by Gasteiger charge is 2.55. The first-order chi connectivity index (χ1) is 10.6. The molecule has 0 aromatic carbocycles. The van der Waals surface area contributed by atoms with Crippen LogP contribution >= 0.6 is 0 Å². The molecule has 2 aliphatic rings. The van der Waals surface area contributed by atoms with Crippen LogP contribution in [0.5, 0.6) is 0 Å². The Balaban J connectivity index is 2.31. The lowest BCUT2D eigenvalue weighted by Crippen LogP contribution is -2.51. The van der Waals surface area contributed by atoms with Crippen molar-refractivity contribution in [2.45, 2.75) is 39.0 Å². The van der Waals surface area contributed by atoms with Gasteiger partial charge in [-0.05, 0) is 18.8 Å². The van der Waals surface area contributed by atoms with Gasteiger partial charge in [0.1, 0.15) is 11.8 Å². The average molecular weight is 313 g/mol. The Morgan fingerprint density at radius 2 is 2.13 bits per heavy atom. The zero-order valence-electron chi connectivity index (χ0n) is 13.7. The summed E-state index contributed by atoms with van der Waals surface area (Å²) in [6, 6.07) is 2.00. The molecule has 2 aliphatic carbocycles. The van der Waals surface area contributed by atoms with Gasteiger partial charge >= 0.3 is 5.97 Å². The van der Waals surface area contributed by atoms with E-state index in [1.165, 1.54) is 4.68 Å². The van der Waals surface area contributed by atoms with E-state index in [0.717, 1.165) is 5.56 Å². The fourth-order valence-electron chi connectivity index (χ4n) is 4.49. The molecule has 3 rings (SSSR count). The van der Waals surface area contributed by atoms with E-state index in [2.05, 4.69) is 5.10 Å². The molecule has 1 aromatic rings. The van der Waals surface area contributed by atoms with Crippen molar-refractivity contribution in [2.24, 2.45) is 18.4 Å². The number of hydrogen-bond acceptors (Lipinski definition) is 4. The van der Waals surface area contributed by atoms with E-state index in [-0.39, 0.29) is 23.0 Å². The number of Topliss-reactive ketones (excluding diaryl/α,β-unsaturated/α-hetero) is 1. The Labute approximate surface area is 134 Å². The van der Waals surface area contributed by atoms with Crippen LogP contribution in [0.3, 0.4) is 0 Å². The van der Waals surface area contributed by atoms with E-state index >= 15 is 0 Å². The smallest absolute Gasteiger partial charge is 0.354 e. The Morgan fingerprint density at radius 3 is 2.70 bits per heavy atom. The molecule has 6 heteroatoms. The summed E-state index contributed by atoms with van der Waals surface area (Å²) in [7, 11) is 1.62. The third-order valence-electron chi connectivity index (χ3n) is 5.53. The second kappa shape index (κ2) is 4.54. The summed E-state index contributed by atoms with van der Waals surface area (Å²) in [5.41, 5.74) is 0.458. The Kier molecular flexibility index (Phi) is 3.06. The molecule has 0 spiro atoms. The molecule has 1 N–H and O–H groups in total. The second-order valence-electron chi connectivity index (χ2n) is 7.20. The molecule has 0 saturated heterocycles. The van der Waals surface area contributed by atoms with E-state index in [9.17, 15) is 20.0 Å². The largest absolute Gasteiger partial charge is 0.477 e. The molecule has 1 heterocycles. The lowest BCUT2D eigenvalue weighted by Gasteiger charge is -2.49. The van der Waals surface area contributed by atoms with Gasteiger partial charge in [0.15, 0.2) is 5.78 Å². The van der Waals surface area contributed by atoms with E-state index in [0.29, 0.717) is 18.5 Å². The van der Waals surface area contributed by atoms with Crippen molar-refractivity contribution in [2.75, 3.05) is 0 Å². The molecular formula is C17H19N3O3. The van der Waals surface area contributed by atoms with Gasteiger partial charge < -0.3 is 5.11 Å². The summed E-state index contributed by atoms with van der Waals surface area (Å²) < 4.78 is 1.39. The zero-order chi connectivity index (χ0) is 17.2. The minimum atomic E-state index is -1.00. The minimum absolute atomic E-state index is 0.0105. The number of carbonyl (C=O) groups is 2. The van der Waals surface area contributed by atoms with E-state index < -0.39 is 16.8 Å². The maximum absolute atomic E-state index is 12.6. The summed E-state index contributed by atoms with van der Waals surface area (Å²) in [6.45, 7) is 5.70. The van der Waals surface area contributed by atoms with Gasteiger partial charge in [-0.15, -0.1) is 0 Å². The van der Waals surface area contributed by atoms with Crippen molar-refractivity contribution in [1.29, 1.82) is 5.26 Å². The fraction of sp³-hybridized carbons (Fsp3) is 0.529. The number of aromatic carboxylic acids is 1. The van der Waals surface area contributed by atoms with Crippen LogP contribution < -0.4 is 0 Å². The highest BCUT2D eigenvalue weighted by molar-refractivity contribution is 6.04. The normalized spacial score (nSPS) is 28.4. The van der Waals surface area contributed by atoms with Crippen LogP contribution in [0.2, 0.25) is 0 Å². The zero-order valence-corrected chi connectivity index (χ0v) is 13.7. The van der Waals surface area contributed by atoms with Crippen molar-refractivity contribution < 1.29 is 14.7 Å². The predicted molar refractivity (Wildman–Crippen MR) is 81.8 cm³/mol. The number of ketones is 1. The summed E-state index contributed by atoms with van der Waals surface area (Å²) >= 11 is 0. The van der Waals surface area contributed by atoms with Crippen molar-refractivity contribution >= 4 is 11.8 Å². The average Bonchev–Trinajstić information content (AvgIpc) is 2.80. The number of fused-ring (bicyclic) bond motifs is 3. The van der Waals surface area contributed by atoms with E-state index in [1.54, 1.807) is 13.1 Å². The number of carboxylic acids is 1. The third-order valence-corrected chi connectivity index (χ3v) is 5.53. The van der Waals surface area contributed by atoms with Crippen LogP contribution in [0.1, 0.15) is 48.9 Å². The number of carbonyl (C=O) groups excluding carboxylic acids is 1. The van der Waals surface area contributed by atoms with Crippen molar-refractivity contribution in [3.05, 3.63) is 28.6 Å². The van der Waals surface area contributed by atoms with E-state index in [1.807, 2.05) is 26.8 Å². The van der Waals surface area contributed by atoms with Crippen molar-refractivity contribution in [3.8, 4) is 6.07 Å². The van der Waals surface area contributed by atoms with Crippen molar-refractivity contribution in [1.82, 2.24) is 9.78 Å². The molecule has 0 aliphatic heterocycles. The summed E-state index contributed by atoms with van der Waals surface area (Å²) in [5.74, 6) is -1.15. The SMILES string of the molecule is Cn1nc2c(c1C(=O)O)CCC1C(C)(C)C(=O)C(C#N)=CC21C. The number of aryl methyl sites for hydroxylation is 1. The number of carboxylic acid groups (broad SMARTS) is 1. The van der Waals surface area contributed by atoms with Crippen LogP contribution in [-0.2, 0) is 23.7 Å². The van der Waals surface area contributed by atoms with Crippen LogP contribution in [0.25, 0.3) is 0 Å². The second-order valence-corrected chi connectivity index (χ2v) is 7.20. The first kappa shape index (κ1) is 15.5. The molecule has 23 heavy (non-hydrogen) atoms. The van der Waals surface area contributed by atoms with Crippen LogP contribution in [0.4, 0.5) is 0 Å². The monoisotopic (exact) mass is 313 g/mol. The molecule has 0 bridgehead atoms. The highest BCUT2D eigenvalue weighted by atomic mass is 16.4. The number of rotatable bonds is 1. The lowest BCUT2D eigenvalue weighted by molar-refractivity contribution is -0.128. The number of nitriles is 1. The molecule has 6 nitrogen and oxygen atoms in total. The first-order valence-corrected chi connectivity index (χ1v) is 7.62. The van der Waals surface area contributed by atoms with Gasteiger partial charge in [0.2, 0.25) is 0 Å². The first-order valence-electron chi connectivity index (χ1n) is 7.62. The lowest BCUT2D eigenvalue weighted by atomic mass is 9.52. The standard InChI is InChI=1S/C17H19N3O3/c1-16(2)11-6-5-10-12(15(22)23)20(4)19-13(10)17(11,3)7-9(8-18)14(16)21/h7,11H,5-6H2,1-4H3,(H,22,23). The Hall–Kier alpha value is -2.42. The van der Waals surface area contributed by atoms with Crippen molar-refractivity contribution in [3.63, 3.8) is 0 Å². The molecule has 120 valence electrons. The third kappa shape index (κ3) is 1.83. The highest BCUT2D eigenvalue weighted by Crippen LogP contribution is 2.54. The van der Waals surface area contributed by atoms with Gasteiger partial charge in [-0.3, -0.25) is 9.48 Å². The summed E-state index contributed by atoms with van der Waals surface area (Å²) in [4.78, 5) is 24.1. The quantitative estimate of drug-likeness (QED) is 0.855. The van der Waals surface area contributed by atoms with Gasteiger partial charge in [0.05, 0.1) is 11.3 Å². The molecule has 2 atom stereocenters. The summed E-state index contributed by atoms with van der Waals surface area (Å²) in [6.07, 6.45) is 2.97. The van der Waals surface area contributed by atoms with Crippen LogP contribution in [0, 0.1) is 22.7 Å².